The van der Waals surface area contributed by atoms with Crippen molar-refractivity contribution in [3.63, 3.8) is 0 Å². The zero-order valence-electron chi connectivity index (χ0n) is 14.3. The first-order chi connectivity index (χ1) is 10.7. The minimum absolute atomic E-state index is 0.382. The quantitative estimate of drug-likeness (QED) is 0.728. The molecule has 3 nitrogen and oxygen atoms in total. The predicted octanol–water partition coefficient (Wildman–Crippen LogP) is 4.69. The Balaban J connectivity index is 2.41. The molecule has 1 fully saturated rings. The molecule has 1 saturated heterocycles. The van der Waals surface area contributed by atoms with E-state index in [2.05, 4.69) is 0 Å². The largest absolute Gasteiger partial charge is 0.525 e. The Hall–Kier alpha value is -0.875. The van der Waals surface area contributed by atoms with Crippen LogP contribution in [0.15, 0.2) is 30.0 Å². The molecule has 0 aromatic heterocycles. The lowest BCUT2D eigenvalue weighted by Gasteiger charge is -2.32. The molecule has 2 rings (SSSR count). The molecule has 23 heavy (non-hydrogen) atoms. The number of ether oxygens (including phenoxy) is 1. The Bertz CT molecular complexity index is 585. The second-order valence-corrected chi connectivity index (χ2v) is 7.04. The zero-order chi connectivity index (χ0) is 17.3. The normalized spacial score (nSPS) is 20.6. The topological polar surface area (TPSA) is 27.7 Å². The fourth-order valence-corrected chi connectivity index (χ4v) is 2.63. The average Bonchev–Trinajstić information content (AvgIpc) is 2.69. The molecule has 0 aliphatic carbocycles. The highest BCUT2D eigenvalue weighted by atomic mass is 35.5. The highest BCUT2D eigenvalue weighted by Crippen LogP contribution is 2.41. The predicted molar refractivity (Wildman–Crippen MR) is 92.1 cm³/mol. The van der Waals surface area contributed by atoms with Crippen LogP contribution in [0.25, 0.3) is 5.57 Å². The van der Waals surface area contributed by atoms with Crippen molar-refractivity contribution in [3.05, 3.63) is 40.6 Å². The molecule has 6 heteroatoms. The van der Waals surface area contributed by atoms with E-state index in [1.807, 2.05) is 39.8 Å². The number of halogens is 2. The molecule has 1 aliphatic heterocycles. The van der Waals surface area contributed by atoms with Crippen LogP contribution in [0.4, 0.5) is 4.39 Å². The van der Waals surface area contributed by atoms with Gasteiger partial charge in [0.05, 0.1) is 17.8 Å². The fourth-order valence-electron chi connectivity index (χ4n) is 2.38. The summed E-state index contributed by atoms with van der Waals surface area (Å²) in [5, 5.41) is 0.491. The van der Waals surface area contributed by atoms with E-state index in [1.165, 1.54) is 0 Å². The molecule has 0 atom stereocenters. The van der Waals surface area contributed by atoms with E-state index in [-0.39, 0.29) is 0 Å². The standard InChI is InChI=1S/C17H23BClFO3/c1-16(2)17(3,4)23-18(22-16)15(20)13(10-11-21-5)12-8-6-7-9-14(12)19/h6-9H,10-11H2,1-5H3. The SMILES string of the molecule is COCCC(=C(F)B1OC(C)(C)C(C)(C)O1)c1ccccc1Cl. The molecular formula is C17H23BClFO3. The van der Waals surface area contributed by atoms with Gasteiger partial charge in [0.15, 0.2) is 0 Å². The molecule has 0 spiro atoms. The van der Waals surface area contributed by atoms with Crippen LogP contribution in [-0.2, 0) is 14.0 Å². The number of methoxy groups -OCH3 is 1. The molecule has 1 aliphatic rings. The monoisotopic (exact) mass is 340 g/mol. The van der Waals surface area contributed by atoms with Crippen LogP contribution in [-0.4, -0.2) is 32.0 Å². The summed E-state index contributed by atoms with van der Waals surface area (Å²) in [6.07, 6.45) is 0.385. The van der Waals surface area contributed by atoms with Gasteiger partial charge < -0.3 is 14.0 Å². The van der Waals surface area contributed by atoms with Gasteiger partial charge in [0.2, 0.25) is 0 Å². The molecular weight excluding hydrogens is 317 g/mol. The Morgan fingerprint density at radius 1 is 1.17 bits per heavy atom. The summed E-state index contributed by atoms with van der Waals surface area (Å²) < 4.78 is 31.9. The van der Waals surface area contributed by atoms with E-state index in [0.717, 1.165) is 0 Å². The van der Waals surface area contributed by atoms with Gasteiger partial charge in [0, 0.05) is 12.1 Å². The van der Waals surface area contributed by atoms with Crippen LogP contribution in [0.5, 0.6) is 0 Å². The lowest BCUT2D eigenvalue weighted by atomic mass is 9.82. The summed E-state index contributed by atoms with van der Waals surface area (Å²) in [5.41, 5.74) is -0.549. The first-order valence-electron chi connectivity index (χ1n) is 7.67. The van der Waals surface area contributed by atoms with E-state index >= 15 is 4.39 Å². The second kappa shape index (κ2) is 6.93. The third-order valence-electron chi connectivity index (χ3n) is 4.50. The summed E-state index contributed by atoms with van der Waals surface area (Å²) in [5.74, 6) is 0. The van der Waals surface area contributed by atoms with Gasteiger partial charge in [-0.3, -0.25) is 0 Å². The Labute approximate surface area is 142 Å². The van der Waals surface area contributed by atoms with E-state index < -0.39 is 24.0 Å². The second-order valence-electron chi connectivity index (χ2n) is 6.64. The summed E-state index contributed by atoms with van der Waals surface area (Å²) in [6.45, 7) is 7.96. The summed E-state index contributed by atoms with van der Waals surface area (Å²) in [6, 6.07) is 7.16. The molecule has 0 N–H and O–H groups in total. The van der Waals surface area contributed by atoms with Gasteiger partial charge in [-0.2, -0.15) is 0 Å². The van der Waals surface area contributed by atoms with E-state index in [0.29, 0.717) is 29.2 Å². The lowest BCUT2D eigenvalue weighted by Crippen LogP contribution is -2.41. The van der Waals surface area contributed by atoms with Crippen LogP contribution in [0.1, 0.15) is 39.7 Å². The van der Waals surface area contributed by atoms with Gasteiger partial charge in [-0.25, -0.2) is 4.39 Å². The first kappa shape index (κ1) is 18.5. The van der Waals surface area contributed by atoms with Gasteiger partial charge in [-0.1, -0.05) is 29.8 Å². The molecule has 0 radical (unpaired) electrons. The number of hydrogen-bond donors (Lipinski definition) is 0. The van der Waals surface area contributed by atoms with Crippen LogP contribution in [0.2, 0.25) is 5.02 Å². The highest BCUT2D eigenvalue weighted by Gasteiger charge is 2.53. The lowest BCUT2D eigenvalue weighted by molar-refractivity contribution is 0.00578. The summed E-state index contributed by atoms with van der Waals surface area (Å²) >= 11 is 6.24. The van der Waals surface area contributed by atoms with Crippen LogP contribution in [0, 0.1) is 0 Å². The molecule has 126 valence electrons. The Morgan fingerprint density at radius 3 is 2.26 bits per heavy atom. The molecule has 0 amide bonds. The third-order valence-corrected chi connectivity index (χ3v) is 4.83. The van der Waals surface area contributed by atoms with Crippen molar-refractivity contribution in [2.45, 2.75) is 45.3 Å². The van der Waals surface area contributed by atoms with E-state index in [4.69, 9.17) is 25.6 Å². The first-order valence-corrected chi connectivity index (χ1v) is 8.05. The summed E-state index contributed by atoms with van der Waals surface area (Å²) in [7, 11) is 0.542. The number of hydrogen-bond acceptors (Lipinski definition) is 3. The minimum Gasteiger partial charge on any atom is -0.398 e. The van der Waals surface area contributed by atoms with Gasteiger partial charge in [0.1, 0.15) is 5.73 Å². The molecule has 1 aromatic carbocycles. The molecule has 1 heterocycles. The van der Waals surface area contributed by atoms with Crippen LogP contribution in [0.3, 0.4) is 0 Å². The van der Waals surface area contributed by atoms with Crippen molar-refractivity contribution < 1.29 is 18.4 Å². The molecule has 0 unspecified atom stereocenters. The average molecular weight is 341 g/mol. The van der Waals surface area contributed by atoms with Crippen molar-refractivity contribution in [1.29, 1.82) is 0 Å². The number of rotatable bonds is 5. The maximum atomic E-state index is 15.2. The van der Waals surface area contributed by atoms with Crippen LogP contribution >= 0.6 is 11.6 Å². The molecule has 0 saturated carbocycles. The molecule has 0 bridgehead atoms. The number of benzene rings is 1. The van der Waals surface area contributed by atoms with Gasteiger partial charge in [-0.05, 0) is 51.3 Å². The van der Waals surface area contributed by atoms with E-state index in [9.17, 15) is 0 Å². The third kappa shape index (κ3) is 3.79. The Kier molecular flexibility index (Phi) is 5.57. The van der Waals surface area contributed by atoms with E-state index in [1.54, 1.807) is 19.2 Å². The maximum Gasteiger partial charge on any atom is 0.525 e. The zero-order valence-corrected chi connectivity index (χ0v) is 15.0. The van der Waals surface area contributed by atoms with Crippen molar-refractivity contribution in [2.24, 2.45) is 0 Å². The Morgan fingerprint density at radius 2 is 1.74 bits per heavy atom. The van der Waals surface area contributed by atoms with Crippen molar-refractivity contribution in [1.82, 2.24) is 0 Å². The van der Waals surface area contributed by atoms with Gasteiger partial charge in [0.25, 0.3) is 0 Å². The maximum absolute atomic E-state index is 15.2. The minimum atomic E-state index is -1.04. The van der Waals surface area contributed by atoms with Gasteiger partial charge >= 0.3 is 7.12 Å². The fraction of sp³-hybridized carbons (Fsp3) is 0.529. The van der Waals surface area contributed by atoms with Gasteiger partial charge in [-0.15, -0.1) is 0 Å². The van der Waals surface area contributed by atoms with Crippen molar-refractivity contribution in [3.8, 4) is 0 Å². The summed E-state index contributed by atoms with van der Waals surface area (Å²) in [4.78, 5) is 0. The van der Waals surface area contributed by atoms with Crippen molar-refractivity contribution in [2.75, 3.05) is 13.7 Å². The molecule has 1 aromatic rings. The van der Waals surface area contributed by atoms with Crippen molar-refractivity contribution >= 4 is 24.3 Å². The smallest absolute Gasteiger partial charge is 0.398 e. The highest BCUT2D eigenvalue weighted by molar-refractivity contribution is 6.55. The van der Waals surface area contributed by atoms with Crippen LogP contribution < -0.4 is 0 Å².